The van der Waals surface area contributed by atoms with Gasteiger partial charge in [0, 0.05) is 5.92 Å². The van der Waals surface area contributed by atoms with Gasteiger partial charge in [0.2, 0.25) is 7.28 Å². The fourth-order valence-corrected chi connectivity index (χ4v) is 1.83. The van der Waals surface area contributed by atoms with Crippen LogP contribution in [0.2, 0.25) is 6.32 Å². The second kappa shape index (κ2) is 6.47. The van der Waals surface area contributed by atoms with E-state index < -0.39 is 0 Å². The Labute approximate surface area is 103 Å². The van der Waals surface area contributed by atoms with Crippen LogP contribution in [0.25, 0.3) is 0 Å². The molecule has 0 N–H and O–H groups in total. The van der Waals surface area contributed by atoms with Gasteiger partial charge in [-0.05, 0) is 17.8 Å². The first-order chi connectivity index (χ1) is 7.13. The fourth-order valence-electron chi connectivity index (χ4n) is 1.83. The highest BCUT2D eigenvalue weighted by atomic mass is 16.1. The lowest BCUT2D eigenvalue weighted by atomic mass is 9.59. The largest absolute Gasteiger partial charge is 0.312 e. The molecule has 0 aliphatic heterocycles. The van der Waals surface area contributed by atoms with Gasteiger partial charge in [-0.15, -0.1) is 0 Å². The van der Waals surface area contributed by atoms with Crippen molar-refractivity contribution in [2.75, 3.05) is 0 Å². The van der Waals surface area contributed by atoms with Crippen LogP contribution in [0.3, 0.4) is 0 Å². The zero-order valence-electron chi connectivity index (χ0n) is 12.1. The Kier molecular flexibility index (Phi) is 6.36. The summed E-state index contributed by atoms with van der Waals surface area (Å²) < 4.78 is 0. The van der Waals surface area contributed by atoms with Gasteiger partial charge in [-0.1, -0.05) is 60.7 Å². The van der Waals surface area contributed by atoms with Crippen molar-refractivity contribution < 1.29 is 4.79 Å². The van der Waals surface area contributed by atoms with Crippen LogP contribution in [-0.4, -0.2) is 13.0 Å². The molecule has 93 valence electrons. The Balaban J connectivity index is 4.37. The Morgan fingerprint density at radius 3 is 1.94 bits per heavy atom. The zero-order valence-corrected chi connectivity index (χ0v) is 12.1. The number of rotatable bonds is 6. The monoisotopic (exact) mass is 223 g/mol. The molecule has 0 fully saturated rings. The molecule has 1 radical (unpaired) electrons. The number of carbonyl (C=O) groups is 1. The predicted molar refractivity (Wildman–Crippen MR) is 72.8 cm³/mol. The van der Waals surface area contributed by atoms with Gasteiger partial charge in [0.15, 0.2) is 0 Å². The second-order valence-corrected chi connectivity index (χ2v) is 6.85. The second-order valence-electron chi connectivity index (χ2n) is 6.85. The quantitative estimate of drug-likeness (QED) is 0.622. The maximum Gasteiger partial charge on any atom is 0.202 e. The first kappa shape index (κ1) is 15.7. The molecule has 1 atom stereocenters. The third-order valence-electron chi connectivity index (χ3n) is 2.79. The van der Waals surface area contributed by atoms with Gasteiger partial charge in [0.25, 0.3) is 0 Å². The summed E-state index contributed by atoms with van der Waals surface area (Å²) in [6.07, 6.45) is 1.89. The van der Waals surface area contributed by atoms with Gasteiger partial charge in [-0.3, -0.25) is 0 Å². The van der Waals surface area contributed by atoms with Crippen LogP contribution in [0.4, 0.5) is 0 Å². The summed E-state index contributed by atoms with van der Waals surface area (Å²) in [5, 5.41) is 0. The third kappa shape index (κ3) is 7.08. The van der Waals surface area contributed by atoms with Gasteiger partial charge >= 0.3 is 0 Å². The van der Waals surface area contributed by atoms with E-state index in [0.717, 1.165) is 12.7 Å². The maximum absolute atomic E-state index is 12.1. The normalized spacial score (nSPS) is 14.3. The van der Waals surface area contributed by atoms with Crippen LogP contribution in [-0.2, 0) is 4.79 Å². The number of hydrogen-bond donors (Lipinski definition) is 0. The van der Waals surface area contributed by atoms with Crippen molar-refractivity contribution in [3.8, 4) is 0 Å². The molecule has 2 heteroatoms. The molecule has 0 bridgehead atoms. The third-order valence-corrected chi connectivity index (χ3v) is 2.79. The summed E-state index contributed by atoms with van der Waals surface area (Å²) in [6.45, 7) is 15.2. The van der Waals surface area contributed by atoms with E-state index in [1.54, 1.807) is 0 Å². The van der Waals surface area contributed by atoms with Crippen molar-refractivity contribution in [2.45, 2.75) is 61.2 Å². The summed E-state index contributed by atoms with van der Waals surface area (Å²) in [4.78, 5) is 12.1. The SMILES string of the molecule is CC(C)C[B]C(=O)C(CC(C)(C)C)C(C)C. The molecule has 0 aromatic rings. The molecule has 0 amide bonds. The number of hydrogen-bond acceptors (Lipinski definition) is 1. The van der Waals surface area contributed by atoms with E-state index >= 15 is 0 Å². The molecule has 0 saturated heterocycles. The summed E-state index contributed by atoms with van der Waals surface area (Å²) in [6, 6.07) is 0. The minimum Gasteiger partial charge on any atom is -0.312 e. The van der Waals surface area contributed by atoms with Gasteiger partial charge in [0.05, 0.1) is 5.68 Å². The summed E-state index contributed by atoms with van der Waals surface area (Å²) >= 11 is 0. The lowest BCUT2D eigenvalue weighted by Crippen LogP contribution is -2.29. The summed E-state index contributed by atoms with van der Waals surface area (Å²) in [5.41, 5.74) is 0.578. The molecule has 0 aromatic heterocycles. The molecule has 0 spiro atoms. The summed E-state index contributed by atoms with van der Waals surface area (Å²) in [5.74, 6) is 1.21. The molecular weight excluding hydrogens is 195 g/mol. The van der Waals surface area contributed by atoms with Crippen LogP contribution >= 0.6 is 0 Å². The topological polar surface area (TPSA) is 17.1 Å². The molecule has 0 aromatic carbocycles. The van der Waals surface area contributed by atoms with E-state index in [9.17, 15) is 4.79 Å². The summed E-state index contributed by atoms with van der Waals surface area (Å²) in [7, 11) is 1.90. The van der Waals surface area contributed by atoms with Crippen molar-refractivity contribution >= 4 is 13.0 Å². The van der Waals surface area contributed by atoms with Crippen molar-refractivity contribution in [1.29, 1.82) is 0 Å². The highest BCUT2D eigenvalue weighted by molar-refractivity contribution is 6.74. The highest BCUT2D eigenvalue weighted by Crippen LogP contribution is 2.29. The number of carbonyl (C=O) groups excluding carboxylic acids is 1. The molecule has 0 rings (SSSR count). The average Bonchev–Trinajstić information content (AvgIpc) is 2.08. The van der Waals surface area contributed by atoms with E-state index in [4.69, 9.17) is 0 Å². The molecule has 16 heavy (non-hydrogen) atoms. The van der Waals surface area contributed by atoms with E-state index in [2.05, 4.69) is 48.5 Å². The standard InChI is InChI=1S/C14H28BO/c1-10(2)9-15-13(16)12(11(3)4)8-14(5,6)7/h10-12H,8-9H2,1-7H3. The lowest BCUT2D eigenvalue weighted by molar-refractivity contribution is -0.117. The average molecular weight is 223 g/mol. The van der Waals surface area contributed by atoms with Gasteiger partial charge in [-0.25, -0.2) is 0 Å². The zero-order chi connectivity index (χ0) is 12.9. The van der Waals surface area contributed by atoms with Crippen LogP contribution in [0.15, 0.2) is 0 Å². The Morgan fingerprint density at radius 2 is 1.62 bits per heavy atom. The van der Waals surface area contributed by atoms with E-state index in [1.807, 2.05) is 7.28 Å². The Bertz CT molecular complexity index is 213. The van der Waals surface area contributed by atoms with Crippen molar-refractivity contribution in [3.05, 3.63) is 0 Å². The molecule has 1 unspecified atom stereocenters. The predicted octanol–water partition coefficient (Wildman–Crippen LogP) is 4.00. The highest BCUT2D eigenvalue weighted by Gasteiger charge is 2.27. The maximum atomic E-state index is 12.1. The minimum absolute atomic E-state index is 0.193. The molecule has 0 heterocycles. The van der Waals surface area contributed by atoms with Gasteiger partial charge in [0.1, 0.15) is 0 Å². The molecular formula is C14H28BO. The van der Waals surface area contributed by atoms with Crippen molar-refractivity contribution in [2.24, 2.45) is 23.2 Å². The fraction of sp³-hybridized carbons (Fsp3) is 0.929. The lowest BCUT2D eigenvalue weighted by Gasteiger charge is -2.28. The minimum atomic E-state index is 0.193. The molecule has 1 nitrogen and oxygen atoms in total. The first-order valence-electron chi connectivity index (χ1n) is 6.50. The van der Waals surface area contributed by atoms with Crippen molar-refractivity contribution in [1.82, 2.24) is 0 Å². The van der Waals surface area contributed by atoms with E-state index in [1.165, 1.54) is 0 Å². The molecule has 0 aliphatic rings. The van der Waals surface area contributed by atoms with Crippen LogP contribution in [0, 0.1) is 23.2 Å². The van der Waals surface area contributed by atoms with Crippen molar-refractivity contribution in [3.63, 3.8) is 0 Å². The van der Waals surface area contributed by atoms with Gasteiger partial charge in [-0.2, -0.15) is 0 Å². The van der Waals surface area contributed by atoms with Gasteiger partial charge < -0.3 is 4.79 Å². The van der Waals surface area contributed by atoms with Crippen LogP contribution in [0.1, 0.15) is 54.9 Å². The first-order valence-corrected chi connectivity index (χ1v) is 6.50. The molecule has 0 aliphatic carbocycles. The Morgan fingerprint density at radius 1 is 1.12 bits per heavy atom. The van der Waals surface area contributed by atoms with E-state index in [-0.39, 0.29) is 11.3 Å². The smallest absolute Gasteiger partial charge is 0.202 e. The Hall–Kier alpha value is -0.265. The van der Waals surface area contributed by atoms with E-state index in [0.29, 0.717) is 17.5 Å². The molecule has 0 saturated carbocycles. The van der Waals surface area contributed by atoms with Crippen LogP contribution in [0.5, 0.6) is 0 Å². The van der Waals surface area contributed by atoms with Crippen LogP contribution < -0.4 is 0 Å².